The van der Waals surface area contributed by atoms with E-state index in [1.54, 1.807) is 63.4 Å². The van der Waals surface area contributed by atoms with Crippen molar-refractivity contribution >= 4 is 21.6 Å². The van der Waals surface area contributed by atoms with Crippen molar-refractivity contribution in [1.29, 1.82) is 0 Å². The van der Waals surface area contributed by atoms with Gasteiger partial charge in [-0.2, -0.15) is 4.31 Å². The number of benzene rings is 3. The number of rotatable bonds is 10. The SMILES string of the molecule is CCN(CC)S(=O)(=O)c1ccc(Oc2ccccc2)c(NC(=O)Cc2ccc(OC)cc2)c1. The zero-order chi connectivity index (χ0) is 23.8. The zero-order valence-corrected chi connectivity index (χ0v) is 19.8. The fourth-order valence-electron chi connectivity index (χ4n) is 3.31. The van der Waals surface area contributed by atoms with Gasteiger partial charge in [0.2, 0.25) is 15.9 Å². The summed E-state index contributed by atoms with van der Waals surface area (Å²) in [5, 5.41) is 2.82. The van der Waals surface area contributed by atoms with Crippen molar-refractivity contribution in [1.82, 2.24) is 4.31 Å². The van der Waals surface area contributed by atoms with Crippen LogP contribution in [0.15, 0.2) is 77.7 Å². The third-order valence-electron chi connectivity index (χ3n) is 5.06. The van der Waals surface area contributed by atoms with Gasteiger partial charge in [-0.25, -0.2) is 8.42 Å². The molecule has 3 rings (SSSR count). The Balaban J connectivity index is 1.91. The highest BCUT2D eigenvalue weighted by Gasteiger charge is 2.23. The van der Waals surface area contributed by atoms with Crippen LogP contribution in [0, 0.1) is 0 Å². The maximum absolute atomic E-state index is 13.0. The van der Waals surface area contributed by atoms with E-state index < -0.39 is 10.0 Å². The predicted molar refractivity (Wildman–Crippen MR) is 128 cm³/mol. The fourth-order valence-corrected chi connectivity index (χ4v) is 4.79. The lowest BCUT2D eigenvalue weighted by atomic mass is 10.1. The highest BCUT2D eigenvalue weighted by atomic mass is 32.2. The highest BCUT2D eigenvalue weighted by molar-refractivity contribution is 7.89. The van der Waals surface area contributed by atoms with Gasteiger partial charge in [0.05, 0.1) is 24.1 Å². The van der Waals surface area contributed by atoms with Gasteiger partial charge >= 0.3 is 0 Å². The van der Waals surface area contributed by atoms with Gasteiger partial charge in [-0.1, -0.05) is 44.2 Å². The summed E-state index contributed by atoms with van der Waals surface area (Å²) in [6.07, 6.45) is 0.113. The molecule has 0 bridgehead atoms. The quantitative estimate of drug-likeness (QED) is 0.466. The number of anilines is 1. The van der Waals surface area contributed by atoms with Crippen molar-refractivity contribution in [2.75, 3.05) is 25.5 Å². The van der Waals surface area contributed by atoms with Crippen LogP contribution >= 0.6 is 0 Å². The number of hydrogen-bond acceptors (Lipinski definition) is 5. The second kappa shape index (κ2) is 11.0. The number of hydrogen-bond donors (Lipinski definition) is 1. The first kappa shape index (κ1) is 24.3. The average Bonchev–Trinajstić information content (AvgIpc) is 2.82. The van der Waals surface area contributed by atoms with Crippen LogP contribution in [0.4, 0.5) is 5.69 Å². The summed E-state index contributed by atoms with van der Waals surface area (Å²) in [6, 6.07) is 20.8. The summed E-state index contributed by atoms with van der Waals surface area (Å²) in [5.74, 6) is 1.33. The number of methoxy groups -OCH3 is 1. The van der Waals surface area contributed by atoms with E-state index in [0.29, 0.717) is 30.3 Å². The van der Waals surface area contributed by atoms with Crippen LogP contribution < -0.4 is 14.8 Å². The average molecular weight is 469 g/mol. The van der Waals surface area contributed by atoms with Crippen LogP contribution in [-0.2, 0) is 21.2 Å². The molecule has 7 nitrogen and oxygen atoms in total. The Labute approximate surface area is 195 Å². The number of amides is 1. The van der Waals surface area contributed by atoms with Crippen LogP contribution in [0.25, 0.3) is 0 Å². The normalized spacial score (nSPS) is 11.3. The molecule has 0 aliphatic heterocycles. The molecule has 3 aromatic rings. The number of nitrogens with zero attached hydrogens (tertiary/aromatic N) is 1. The lowest BCUT2D eigenvalue weighted by molar-refractivity contribution is -0.115. The molecule has 0 aromatic heterocycles. The van der Waals surface area contributed by atoms with Crippen LogP contribution in [0.5, 0.6) is 17.2 Å². The first-order valence-electron chi connectivity index (χ1n) is 10.7. The van der Waals surface area contributed by atoms with Gasteiger partial charge < -0.3 is 14.8 Å². The summed E-state index contributed by atoms with van der Waals surface area (Å²) in [5.41, 5.74) is 1.08. The smallest absolute Gasteiger partial charge is 0.243 e. The second-order valence-electron chi connectivity index (χ2n) is 7.24. The van der Waals surface area contributed by atoms with Crippen molar-refractivity contribution in [3.05, 3.63) is 78.4 Å². The van der Waals surface area contributed by atoms with Gasteiger partial charge in [0.15, 0.2) is 5.75 Å². The molecule has 0 fully saturated rings. The Morgan fingerprint density at radius 1 is 0.909 bits per heavy atom. The largest absolute Gasteiger partial charge is 0.497 e. The number of para-hydroxylation sites is 1. The Bertz CT molecular complexity index is 1180. The Hall–Kier alpha value is -3.36. The van der Waals surface area contributed by atoms with Crippen LogP contribution in [0.1, 0.15) is 19.4 Å². The van der Waals surface area contributed by atoms with Crippen molar-refractivity contribution < 1.29 is 22.7 Å². The monoisotopic (exact) mass is 468 g/mol. The van der Waals surface area contributed by atoms with Gasteiger partial charge in [0.25, 0.3) is 0 Å². The summed E-state index contributed by atoms with van der Waals surface area (Å²) in [4.78, 5) is 12.9. The van der Waals surface area contributed by atoms with Gasteiger partial charge in [-0.15, -0.1) is 0 Å². The fraction of sp³-hybridized carbons (Fsp3) is 0.240. The van der Waals surface area contributed by atoms with Crippen molar-refractivity contribution in [3.63, 3.8) is 0 Å². The molecule has 8 heteroatoms. The van der Waals surface area contributed by atoms with E-state index in [0.717, 1.165) is 5.56 Å². The predicted octanol–water partition coefficient (Wildman–Crippen LogP) is 4.70. The Kier molecular flexibility index (Phi) is 8.08. The first-order valence-corrected chi connectivity index (χ1v) is 12.1. The molecule has 0 saturated heterocycles. The minimum Gasteiger partial charge on any atom is -0.497 e. The number of carbonyl (C=O) groups excluding carboxylic acids is 1. The maximum Gasteiger partial charge on any atom is 0.243 e. The van der Waals surface area contributed by atoms with E-state index >= 15 is 0 Å². The molecular weight excluding hydrogens is 440 g/mol. The van der Waals surface area contributed by atoms with Gasteiger partial charge in [0, 0.05) is 13.1 Å². The molecule has 174 valence electrons. The Morgan fingerprint density at radius 3 is 2.18 bits per heavy atom. The molecule has 1 N–H and O–H groups in total. The minimum absolute atomic E-state index is 0.0892. The molecular formula is C25H28N2O5S. The number of ether oxygens (including phenoxy) is 2. The molecule has 0 spiro atoms. The minimum atomic E-state index is -3.70. The molecule has 3 aromatic carbocycles. The molecule has 0 heterocycles. The highest BCUT2D eigenvalue weighted by Crippen LogP contribution is 2.33. The molecule has 0 atom stereocenters. The van der Waals surface area contributed by atoms with Crippen LogP contribution in [0.3, 0.4) is 0 Å². The van der Waals surface area contributed by atoms with E-state index in [-0.39, 0.29) is 22.9 Å². The van der Waals surface area contributed by atoms with E-state index in [9.17, 15) is 13.2 Å². The maximum atomic E-state index is 13.0. The summed E-state index contributed by atoms with van der Waals surface area (Å²) >= 11 is 0. The van der Waals surface area contributed by atoms with Gasteiger partial charge in [0.1, 0.15) is 11.5 Å². The van der Waals surface area contributed by atoms with Crippen LogP contribution in [0.2, 0.25) is 0 Å². The third-order valence-corrected chi connectivity index (χ3v) is 7.11. The molecule has 1 amide bonds. The molecule has 33 heavy (non-hydrogen) atoms. The van der Waals surface area contributed by atoms with Crippen molar-refractivity contribution in [2.45, 2.75) is 25.2 Å². The number of sulfonamides is 1. The van der Waals surface area contributed by atoms with E-state index in [4.69, 9.17) is 9.47 Å². The lowest BCUT2D eigenvalue weighted by Gasteiger charge is -2.20. The van der Waals surface area contributed by atoms with E-state index in [2.05, 4.69) is 5.32 Å². The molecule has 0 aliphatic rings. The third kappa shape index (κ3) is 6.12. The van der Waals surface area contributed by atoms with E-state index in [1.807, 2.05) is 18.2 Å². The molecule has 0 saturated carbocycles. The number of nitrogens with one attached hydrogen (secondary N) is 1. The topological polar surface area (TPSA) is 84.9 Å². The summed E-state index contributed by atoms with van der Waals surface area (Å²) in [7, 11) is -2.12. The molecule has 0 radical (unpaired) electrons. The number of carbonyl (C=O) groups is 1. The molecule has 0 unspecified atom stereocenters. The van der Waals surface area contributed by atoms with Gasteiger partial charge in [-0.05, 0) is 48.0 Å². The summed E-state index contributed by atoms with van der Waals surface area (Å²) < 4.78 is 38.5. The second-order valence-corrected chi connectivity index (χ2v) is 9.17. The zero-order valence-electron chi connectivity index (χ0n) is 18.9. The lowest BCUT2D eigenvalue weighted by Crippen LogP contribution is -2.30. The van der Waals surface area contributed by atoms with E-state index in [1.165, 1.54) is 16.4 Å². The van der Waals surface area contributed by atoms with Crippen molar-refractivity contribution in [2.24, 2.45) is 0 Å². The molecule has 0 aliphatic carbocycles. The van der Waals surface area contributed by atoms with Gasteiger partial charge in [-0.3, -0.25) is 4.79 Å². The van der Waals surface area contributed by atoms with Crippen molar-refractivity contribution in [3.8, 4) is 17.2 Å². The Morgan fingerprint density at radius 2 is 1.58 bits per heavy atom. The van der Waals surface area contributed by atoms with Crippen LogP contribution in [-0.4, -0.2) is 38.8 Å². The summed E-state index contributed by atoms with van der Waals surface area (Å²) in [6.45, 7) is 4.26. The first-order chi connectivity index (χ1) is 15.9. The standard InChI is InChI=1S/C25H28N2O5S/c1-4-27(5-2)33(29,30)22-15-16-24(32-21-9-7-6-8-10-21)23(18-22)26-25(28)17-19-11-13-20(31-3)14-12-19/h6-16,18H,4-5,17H2,1-3H3,(H,26,28).